The lowest BCUT2D eigenvalue weighted by atomic mass is 10.1. The highest BCUT2D eigenvalue weighted by molar-refractivity contribution is 6.32. The first-order chi connectivity index (χ1) is 9.51. The van der Waals surface area contributed by atoms with Crippen molar-refractivity contribution in [3.05, 3.63) is 41.1 Å². The van der Waals surface area contributed by atoms with Gasteiger partial charge >= 0.3 is 0 Å². The fraction of sp³-hybridized carbons (Fsp3) is 0.214. The minimum atomic E-state index is -0.546. The maximum Gasteiger partial charge on any atom is 0.219 e. The van der Waals surface area contributed by atoms with E-state index in [1.54, 1.807) is 31.4 Å². The third-order valence-corrected chi connectivity index (χ3v) is 3.15. The van der Waals surface area contributed by atoms with Gasteiger partial charge in [-0.25, -0.2) is 0 Å². The van der Waals surface area contributed by atoms with Crippen LogP contribution in [0, 0.1) is 0 Å². The first-order valence-corrected chi connectivity index (χ1v) is 6.36. The molecule has 106 valence electrons. The summed E-state index contributed by atoms with van der Waals surface area (Å²) in [6.07, 6.45) is 0.0380. The molecule has 1 aromatic heterocycles. The number of furan rings is 1. The topological polar surface area (TPSA) is 91.5 Å². The highest BCUT2D eigenvalue weighted by Gasteiger charge is 2.15. The van der Waals surface area contributed by atoms with Gasteiger partial charge in [0, 0.05) is 12.0 Å². The maximum atomic E-state index is 10.8. The van der Waals surface area contributed by atoms with E-state index in [1.807, 2.05) is 6.07 Å². The molecule has 4 N–H and O–H groups in total. The second-order valence-corrected chi connectivity index (χ2v) is 4.74. The highest BCUT2D eigenvalue weighted by Crippen LogP contribution is 2.32. The van der Waals surface area contributed by atoms with Crippen LogP contribution in [0.15, 0.2) is 34.7 Å². The van der Waals surface area contributed by atoms with Crippen LogP contribution in [0.1, 0.15) is 18.2 Å². The highest BCUT2D eigenvalue weighted by atomic mass is 35.5. The van der Waals surface area contributed by atoms with Crippen LogP contribution in [-0.2, 0) is 4.79 Å². The van der Waals surface area contributed by atoms with Crippen molar-refractivity contribution >= 4 is 17.5 Å². The van der Waals surface area contributed by atoms with Crippen LogP contribution in [0.2, 0.25) is 5.02 Å². The van der Waals surface area contributed by atoms with Crippen LogP contribution in [-0.4, -0.2) is 13.0 Å². The lowest BCUT2D eigenvalue weighted by molar-refractivity contribution is -0.118. The van der Waals surface area contributed by atoms with Gasteiger partial charge in [0.05, 0.1) is 18.2 Å². The molecular formula is C14H15ClN2O3. The quantitative estimate of drug-likeness (QED) is 0.886. The van der Waals surface area contributed by atoms with Crippen molar-refractivity contribution in [3.8, 4) is 17.1 Å². The zero-order chi connectivity index (χ0) is 14.7. The van der Waals surface area contributed by atoms with Crippen molar-refractivity contribution in [2.45, 2.75) is 12.5 Å². The third-order valence-electron chi connectivity index (χ3n) is 2.85. The smallest absolute Gasteiger partial charge is 0.219 e. The lowest BCUT2D eigenvalue weighted by Gasteiger charge is -2.06. The molecule has 6 heteroatoms. The summed E-state index contributed by atoms with van der Waals surface area (Å²) >= 11 is 6.07. The molecule has 0 saturated heterocycles. The van der Waals surface area contributed by atoms with Gasteiger partial charge in [-0.05, 0) is 30.3 Å². The summed E-state index contributed by atoms with van der Waals surface area (Å²) < 4.78 is 10.7. The fourth-order valence-electron chi connectivity index (χ4n) is 1.84. The molecule has 0 radical (unpaired) electrons. The maximum absolute atomic E-state index is 10.8. The third kappa shape index (κ3) is 3.12. The van der Waals surface area contributed by atoms with Crippen molar-refractivity contribution in [2.24, 2.45) is 11.5 Å². The zero-order valence-electron chi connectivity index (χ0n) is 10.9. The Morgan fingerprint density at radius 3 is 2.75 bits per heavy atom. The van der Waals surface area contributed by atoms with Gasteiger partial charge in [-0.2, -0.15) is 0 Å². The number of primary amides is 1. The Labute approximate surface area is 121 Å². The number of benzene rings is 1. The van der Waals surface area contributed by atoms with E-state index in [9.17, 15) is 4.79 Å². The Hall–Kier alpha value is -1.98. The number of halogens is 1. The summed E-state index contributed by atoms with van der Waals surface area (Å²) in [6.45, 7) is 0. The average molecular weight is 295 g/mol. The summed E-state index contributed by atoms with van der Waals surface area (Å²) in [6, 6.07) is 8.27. The number of carbonyl (C=O) groups is 1. The molecule has 0 saturated carbocycles. The van der Waals surface area contributed by atoms with Gasteiger partial charge in [-0.1, -0.05) is 11.6 Å². The molecule has 1 amide bonds. The SMILES string of the molecule is COc1ccc(-c2ccc(C(N)CC(N)=O)o2)cc1Cl. The molecule has 20 heavy (non-hydrogen) atoms. The Balaban J connectivity index is 2.24. The van der Waals surface area contributed by atoms with Gasteiger partial charge in [-0.3, -0.25) is 4.79 Å². The number of amides is 1. The first-order valence-electron chi connectivity index (χ1n) is 5.98. The minimum Gasteiger partial charge on any atom is -0.495 e. The van der Waals surface area contributed by atoms with Crippen LogP contribution in [0.3, 0.4) is 0 Å². The summed E-state index contributed by atoms with van der Waals surface area (Å²) in [5, 5.41) is 0.490. The van der Waals surface area contributed by atoms with E-state index in [2.05, 4.69) is 0 Å². The lowest BCUT2D eigenvalue weighted by Crippen LogP contribution is -2.20. The van der Waals surface area contributed by atoms with Crippen LogP contribution >= 0.6 is 11.6 Å². The normalized spacial score (nSPS) is 12.2. The van der Waals surface area contributed by atoms with Crippen LogP contribution < -0.4 is 16.2 Å². The number of ether oxygens (including phenoxy) is 1. The second kappa shape index (κ2) is 5.98. The van der Waals surface area contributed by atoms with Crippen LogP contribution in [0.5, 0.6) is 5.75 Å². The second-order valence-electron chi connectivity index (χ2n) is 4.33. The summed E-state index contributed by atoms with van der Waals surface area (Å²) in [5.74, 6) is 1.24. The number of carbonyl (C=O) groups excluding carboxylic acids is 1. The Kier molecular flexibility index (Phi) is 4.32. The molecule has 0 spiro atoms. The van der Waals surface area contributed by atoms with Gasteiger partial charge in [0.1, 0.15) is 17.3 Å². The van der Waals surface area contributed by atoms with E-state index in [-0.39, 0.29) is 6.42 Å². The van der Waals surface area contributed by atoms with Crippen molar-refractivity contribution in [3.63, 3.8) is 0 Å². The van der Waals surface area contributed by atoms with E-state index in [4.69, 9.17) is 32.2 Å². The summed E-state index contributed by atoms with van der Waals surface area (Å²) in [7, 11) is 1.55. The van der Waals surface area contributed by atoms with Crippen LogP contribution in [0.25, 0.3) is 11.3 Å². The van der Waals surface area contributed by atoms with Crippen molar-refractivity contribution < 1.29 is 13.9 Å². The zero-order valence-corrected chi connectivity index (χ0v) is 11.7. The summed E-state index contributed by atoms with van der Waals surface area (Å²) in [4.78, 5) is 10.8. The average Bonchev–Trinajstić information content (AvgIpc) is 2.87. The molecule has 0 fully saturated rings. The largest absolute Gasteiger partial charge is 0.495 e. The summed E-state index contributed by atoms with van der Waals surface area (Å²) in [5.41, 5.74) is 11.7. The van der Waals surface area contributed by atoms with E-state index >= 15 is 0 Å². The predicted octanol–water partition coefficient (Wildman–Crippen LogP) is 2.48. The van der Waals surface area contributed by atoms with E-state index in [0.29, 0.717) is 22.3 Å². The van der Waals surface area contributed by atoms with Gasteiger partial charge in [0.15, 0.2) is 0 Å². The molecule has 2 aromatic rings. The van der Waals surface area contributed by atoms with Crippen molar-refractivity contribution in [2.75, 3.05) is 7.11 Å². The molecule has 0 aliphatic rings. The van der Waals surface area contributed by atoms with Gasteiger partial charge in [-0.15, -0.1) is 0 Å². The number of nitrogens with two attached hydrogens (primary N) is 2. The molecule has 0 aliphatic heterocycles. The number of hydrogen-bond donors (Lipinski definition) is 2. The number of rotatable bonds is 5. The van der Waals surface area contributed by atoms with Crippen LogP contribution in [0.4, 0.5) is 0 Å². The molecule has 1 unspecified atom stereocenters. The van der Waals surface area contributed by atoms with Gasteiger partial charge < -0.3 is 20.6 Å². The molecule has 1 heterocycles. The van der Waals surface area contributed by atoms with Crippen molar-refractivity contribution in [1.29, 1.82) is 0 Å². The predicted molar refractivity (Wildman–Crippen MR) is 76.4 cm³/mol. The minimum absolute atomic E-state index is 0.0380. The Morgan fingerprint density at radius 1 is 1.40 bits per heavy atom. The fourth-order valence-corrected chi connectivity index (χ4v) is 2.10. The monoisotopic (exact) mass is 294 g/mol. The molecule has 1 atom stereocenters. The molecular weight excluding hydrogens is 280 g/mol. The molecule has 0 aliphatic carbocycles. The number of methoxy groups -OCH3 is 1. The first kappa shape index (κ1) is 14.4. The van der Waals surface area contributed by atoms with E-state index < -0.39 is 11.9 Å². The Morgan fingerprint density at radius 2 is 2.15 bits per heavy atom. The van der Waals surface area contributed by atoms with E-state index in [1.165, 1.54) is 0 Å². The molecule has 1 aromatic carbocycles. The number of hydrogen-bond acceptors (Lipinski definition) is 4. The van der Waals surface area contributed by atoms with Crippen molar-refractivity contribution in [1.82, 2.24) is 0 Å². The van der Waals surface area contributed by atoms with Gasteiger partial charge in [0.2, 0.25) is 5.91 Å². The molecule has 0 bridgehead atoms. The molecule has 2 rings (SSSR count). The van der Waals surface area contributed by atoms with Gasteiger partial charge in [0.25, 0.3) is 0 Å². The Bertz CT molecular complexity index is 625. The molecule has 5 nitrogen and oxygen atoms in total. The standard InChI is InChI=1S/C14H15ClN2O3/c1-19-12-3-2-8(6-9(12)15)11-4-5-13(20-11)10(16)7-14(17)18/h2-6,10H,7,16H2,1H3,(H2,17,18). The van der Waals surface area contributed by atoms with E-state index in [0.717, 1.165) is 5.56 Å².